The molecule has 0 saturated heterocycles. The lowest BCUT2D eigenvalue weighted by Gasteiger charge is -2.44. The molecule has 2 aliphatic rings. The van der Waals surface area contributed by atoms with Crippen molar-refractivity contribution in [1.82, 2.24) is 0 Å². The van der Waals surface area contributed by atoms with Gasteiger partial charge in [0.15, 0.2) is 0 Å². The van der Waals surface area contributed by atoms with Gasteiger partial charge >= 0.3 is 0 Å². The molecule has 0 N–H and O–H groups in total. The summed E-state index contributed by atoms with van der Waals surface area (Å²) >= 11 is 0. The van der Waals surface area contributed by atoms with Crippen LogP contribution in [0.25, 0.3) is 34.4 Å². The molecule has 0 aliphatic carbocycles. The van der Waals surface area contributed by atoms with E-state index in [-0.39, 0.29) is 13.4 Å². The number of para-hydroxylation sites is 1. The maximum Gasteiger partial charge on any atom is 0.246 e. The molecule has 2 aliphatic heterocycles. The van der Waals surface area contributed by atoms with E-state index in [1.807, 2.05) is 12.2 Å². The van der Waals surface area contributed by atoms with Crippen LogP contribution < -0.4 is 37.7 Å². The number of anilines is 3. The number of nitrogens with zero attached hydrogens (tertiary/aromatic N) is 1. The van der Waals surface area contributed by atoms with Crippen molar-refractivity contribution >= 4 is 75.4 Å². The van der Waals surface area contributed by atoms with Crippen LogP contribution in [-0.2, 0) is 0 Å². The number of fused-ring (bicyclic) bond motifs is 4. The van der Waals surface area contributed by atoms with Crippen LogP contribution in [0.15, 0.2) is 177 Å². The SMILES string of the molecule is C=Cc1ccc(-c2cc3c4c(c2)B(c2ccccc2)c2ccc(-c5ccc(C=C)cc5)cc2N4c2ccccc2B3c2ccccc2)cc1. The Morgan fingerprint density at radius 2 is 0.857 bits per heavy atom. The maximum atomic E-state index is 3.99. The zero-order valence-electron chi connectivity index (χ0n) is 27.3. The minimum absolute atomic E-state index is 0.0625. The highest BCUT2D eigenvalue weighted by molar-refractivity contribution is 7.02. The van der Waals surface area contributed by atoms with E-state index in [0.29, 0.717) is 0 Å². The van der Waals surface area contributed by atoms with Crippen molar-refractivity contribution in [1.29, 1.82) is 0 Å². The van der Waals surface area contributed by atoms with Gasteiger partial charge in [-0.3, -0.25) is 0 Å². The zero-order valence-corrected chi connectivity index (χ0v) is 27.3. The Morgan fingerprint density at radius 1 is 0.388 bits per heavy atom. The molecule has 0 amide bonds. The van der Waals surface area contributed by atoms with E-state index in [1.54, 1.807) is 0 Å². The van der Waals surface area contributed by atoms with Crippen LogP contribution in [0, 0.1) is 0 Å². The highest BCUT2D eigenvalue weighted by Crippen LogP contribution is 2.40. The highest BCUT2D eigenvalue weighted by Gasteiger charge is 2.43. The Balaban J connectivity index is 1.37. The first kappa shape index (κ1) is 29.1. The summed E-state index contributed by atoms with van der Waals surface area (Å²) in [5.74, 6) is 0. The Morgan fingerprint density at radius 3 is 1.41 bits per heavy atom. The predicted octanol–water partition coefficient (Wildman–Crippen LogP) is 7.44. The topological polar surface area (TPSA) is 3.24 Å². The minimum atomic E-state index is 0.0625. The first-order valence-corrected chi connectivity index (χ1v) is 17.0. The summed E-state index contributed by atoms with van der Waals surface area (Å²) in [6.07, 6.45) is 3.81. The van der Waals surface area contributed by atoms with Gasteiger partial charge in [-0.1, -0.05) is 188 Å². The summed E-state index contributed by atoms with van der Waals surface area (Å²) in [7, 11) is 0. The number of hydrogen-bond donors (Lipinski definition) is 0. The summed E-state index contributed by atoms with van der Waals surface area (Å²) in [6.45, 7) is 8.09. The van der Waals surface area contributed by atoms with Crippen molar-refractivity contribution in [3.8, 4) is 22.3 Å². The Bertz CT molecular complexity index is 2340. The van der Waals surface area contributed by atoms with Gasteiger partial charge in [-0.2, -0.15) is 0 Å². The van der Waals surface area contributed by atoms with Gasteiger partial charge in [-0.05, 0) is 67.4 Å². The van der Waals surface area contributed by atoms with E-state index in [2.05, 4.69) is 182 Å². The average molecular weight is 621 g/mol. The van der Waals surface area contributed by atoms with Gasteiger partial charge in [-0.25, -0.2) is 0 Å². The molecule has 0 radical (unpaired) electrons. The monoisotopic (exact) mass is 621 g/mol. The van der Waals surface area contributed by atoms with Crippen LogP contribution >= 0.6 is 0 Å². The van der Waals surface area contributed by atoms with Crippen LogP contribution in [0.1, 0.15) is 11.1 Å². The van der Waals surface area contributed by atoms with Gasteiger partial charge < -0.3 is 4.90 Å². The summed E-state index contributed by atoms with van der Waals surface area (Å²) in [5.41, 5.74) is 18.7. The largest absolute Gasteiger partial charge is 0.313 e. The lowest BCUT2D eigenvalue weighted by Crippen LogP contribution is -2.65. The van der Waals surface area contributed by atoms with Crippen LogP contribution in [0.2, 0.25) is 0 Å². The number of hydrogen-bond acceptors (Lipinski definition) is 1. The predicted molar refractivity (Wildman–Crippen MR) is 214 cm³/mol. The molecule has 0 aromatic heterocycles. The van der Waals surface area contributed by atoms with Crippen molar-refractivity contribution in [2.75, 3.05) is 4.90 Å². The Hall–Kier alpha value is -6.05. The Kier molecular flexibility index (Phi) is 7.06. The van der Waals surface area contributed by atoms with Crippen molar-refractivity contribution in [3.05, 3.63) is 188 Å². The summed E-state index contributed by atoms with van der Waals surface area (Å²) in [6, 6.07) is 60.5. The summed E-state index contributed by atoms with van der Waals surface area (Å²) in [4.78, 5) is 2.56. The standard InChI is InChI=1S/C46H33B2N/c1-3-32-19-23-34(24-20-32)36-27-28-41-45(31-36)49-44-18-12-11-17-40(44)47(38-13-7-5-8-14-38)42-29-37(35-25-21-33(4-2)22-26-35)30-43(46(42)49)48(41)39-15-9-6-10-16-39/h3-31H,1-2H2. The van der Waals surface area contributed by atoms with Gasteiger partial charge in [0.1, 0.15) is 0 Å². The van der Waals surface area contributed by atoms with Crippen LogP contribution in [0.3, 0.4) is 0 Å². The first-order valence-electron chi connectivity index (χ1n) is 17.0. The van der Waals surface area contributed by atoms with Gasteiger partial charge in [0.25, 0.3) is 0 Å². The fourth-order valence-corrected chi connectivity index (χ4v) is 7.98. The van der Waals surface area contributed by atoms with Gasteiger partial charge in [-0.15, -0.1) is 0 Å². The second-order valence-corrected chi connectivity index (χ2v) is 13.0. The highest BCUT2D eigenvalue weighted by atomic mass is 15.2. The van der Waals surface area contributed by atoms with E-state index < -0.39 is 0 Å². The normalized spacial score (nSPS) is 12.5. The molecular weight excluding hydrogens is 588 g/mol. The lowest BCUT2D eigenvalue weighted by molar-refractivity contribution is 1.30. The van der Waals surface area contributed by atoms with E-state index in [4.69, 9.17) is 0 Å². The molecular formula is C46H33B2N. The first-order chi connectivity index (χ1) is 24.2. The van der Waals surface area contributed by atoms with Gasteiger partial charge in [0.2, 0.25) is 13.4 Å². The molecule has 49 heavy (non-hydrogen) atoms. The van der Waals surface area contributed by atoms with E-state index in [0.717, 1.165) is 11.1 Å². The molecule has 0 spiro atoms. The molecule has 1 nitrogen and oxygen atoms in total. The van der Waals surface area contributed by atoms with Crippen molar-refractivity contribution in [2.24, 2.45) is 0 Å². The number of rotatable bonds is 6. The third-order valence-corrected chi connectivity index (χ3v) is 10.3. The molecule has 0 saturated carbocycles. The van der Waals surface area contributed by atoms with Crippen LogP contribution in [0.4, 0.5) is 17.1 Å². The van der Waals surface area contributed by atoms with E-state index >= 15 is 0 Å². The number of benzene rings is 7. The average Bonchev–Trinajstić information content (AvgIpc) is 3.18. The fourth-order valence-electron chi connectivity index (χ4n) is 7.98. The molecule has 0 atom stereocenters. The van der Waals surface area contributed by atoms with E-state index in [1.165, 1.54) is 72.1 Å². The molecule has 0 unspecified atom stereocenters. The van der Waals surface area contributed by atoms with E-state index in [9.17, 15) is 0 Å². The quantitative estimate of drug-likeness (QED) is 0.175. The molecule has 7 aromatic rings. The smallest absolute Gasteiger partial charge is 0.246 e. The van der Waals surface area contributed by atoms with Gasteiger partial charge in [0.05, 0.1) is 0 Å². The van der Waals surface area contributed by atoms with Gasteiger partial charge in [0, 0.05) is 17.1 Å². The van der Waals surface area contributed by atoms with Crippen LogP contribution in [-0.4, -0.2) is 13.4 Å². The molecule has 3 heteroatoms. The third-order valence-electron chi connectivity index (χ3n) is 10.3. The fraction of sp³-hybridized carbons (Fsp3) is 0. The second-order valence-electron chi connectivity index (χ2n) is 13.0. The molecule has 9 rings (SSSR count). The molecule has 2 heterocycles. The van der Waals surface area contributed by atoms with Crippen molar-refractivity contribution < 1.29 is 0 Å². The molecule has 228 valence electrons. The molecule has 7 aromatic carbocycles. The lowest BCUT2D eigenvalue weighted by atomic mass is 9.30. The van der Waals surface area contributed by atoms with Crippen molar-refractivity contribution in [3.63, 3.8) is 0 Å². The molecule has 0 bridgehead atoms. The molecule has 0 fully saturated rings. The van der Waals surface area contributed by atoms with Crippen LogP contribution in [0.5, 0.6) is 0 Å². The Labute approximate surface area is 289 Å². The third kappa shape index (κ3) is 4.81. The summed E-state index contributed by atoms with van der Waals surface area (Å²) in [5, 5.41) is 0. The maximum absolute atomic E-state index is 3.99. The zero-order chi connectivity index (χ0) is 32.9. The second kappa shape index (κ2) is 11.9. The summed E-state index contributed by atoms with van der Waals surface area (Å²) < 4.78 is 0. The minimum Gasteiger partial charge on any atom is -0.313 e. The van der Waals surface area contributed by atoms with Crippen molar-refractivity contribution in [2.45, 2.75) is 0 Å².